The minimum atomic E-state index is -3.62. The van der Waals surface area contributed by atoms with Crippen molar-refractivity contribution in [2.45, 2.75) is 26.8 Å². The van der Waals surface area contributed by atoms with E-state index in [2.05, 4.69) is 24.1 Å². The molecule has 0 saturated heterocycles. The summed E-state index contributed by atoms with van der Waals surface area (Å²) >= 11 is 6.41. The zero-order valence-corrected chi connectivity index (χ0v) is 19.5. The summed E-state index contributed by atoms with van der Waals surface area (Å²) in [4.78, 5) is 14.9. The highest BCUT2D eigenvalue weighted by Crippen LogP contribution is 2.27. The molecule has 8 heteroatoms. The Kier molecular flexibility index (Phi) is 8.70. The summed E-state index contributed by atoms with van der Waals surface area (Å²) in [5.41, 5.74) is 2.22. The summed E-state index contributed by atoms with van der Waals surface area (Å²) in [5, 5.41) is 3.54. The first-order valence-electron chi connectivity index (χ1n) is 9.97. The number of halogens is 1. The molecule has 0 heterocycles. The second-order valence-corrected chi connectivity index (χ2v) is 9.43. The Morgan fingerprint density at radius 3 is 2.23 bits per heavy atom. The fourth-order valence-corrected chi connectivity index (χ4v) is 4.64. The SMILES string of the molecule is CCN(CC)C(CNC(=O)CN(c1ccccc1C)S(C)(=O)=O)c1ccccc1Cl. The van der Waals surface area contributed by atoms with Crippen molar-refractivity contribution in [3.63, 3.8) is 0 Å². The van der Waals surface area contributed by atoms with Crippen LogP contribution < -0.4 is 9.62 Å². The van der Waals surface area contributed by atoms with Gasteiger partial charge in [-0.05, 0) is 43.3 Å². The number of rotatable bonds is 10. The number of carbonyl (C=O) groups is 1. The molecule has 1 amide bonds. The van der Waals surface area contributed by atoms with Gasteiger partial charge >= 0.3 is 0 Å². The predicted octanol–water partition coefficient (Wildman–Crippen LogP) is 3.61. The molecule has 0 aliphatic rings. The van der Waals surface area contributed by atoms with Gasteiger partial charge in [0.15, 0.2) is 0 Å². The molecule has 0 aliphatic heterocycles. The Hall–Kier alpha value is -2.09. The zero-order chi connectivity index (χ0) is 22.3. The summed E-state index contributed by atoms with van der Waals surface area (Å²) in [6, 6.07) is 14.6. The molecule has 2 aromatic carbocycles. The van der Waals surface area contributed by atoms with Crippen molar-refractivity contribution in [1.29, 1.82) is 0 Å². The number of nitrogens with one attached hydrogen (secondary N) is 1. The maximum absolute atomic E-state index is 12.7. The van der Waals surface area contributed by atoms with Gasteiger partial charge in [0.25, 0.3) is 0 Å². The van der Waals surface area contributed by atoms with Crippen molar-refractivity contribution in [1.82, 2.24) is 10.2 Å². The van der Waals surface area contributed by atoms with Gasteiger partial charge in [0.05, 0.1) is 18.0 Å². The number of likely N-dealkylation sites (N-methyl/N-ethyl adjacent to an activating group) is 1. The third kappa shape index (κ3) is 6.20. The van der Waals surface area contributed by atoms with Crippen LogP contribution in [0.4, 0.5) is 5.69 Å². The summed E-state index contributed by atoms with van der Waals surface area (Å²) in [6.45, 7) is 7.56. The van der Waals surface area contributed by atoms with Crippen LogP contribution in [-0.2, 0) is 14.8 Å². The van der Waals surface area contributed by atoms with Crippen molar-refractivity contribution < 1.29 is 13.2 Å². The van der Waals surface area contributed by atoms with Crippen LogP contribution in [0, 0.1) is 6.92 Å². The van der Waals surface area contributed by atoms with E-state index in [1.807, 2.05) is 43.3 Å². The van der Waals surface area contributed by atoms with Crippen molar-refractivity contribution in [3.05, 3.63) is 64.7 Å². The van der Waals surface area contributed by atoms with Crippen molar-refractivity contribution in [3.8, 4) is 0 Å². The largest absolute Gasteiger partial charge is 0.353 e. The lowest BCUT2D eigenvalue weighted by atomic mass is 10.0. The van der Waals surface area contributed by atoms with E-state index in [1.54, 1.807) is 12.1 Å². The third-order valence-electron chi connectivity index (χ3n) is 5.08. The summed E-state index contributed by atoms with van der Waals surface area (Å²) < 4.78 is 25.8. The van der Waals surface area contributed by atoms with Gasteiger partial charge in [0.1, 0.15) is 6.54 Å². The number of aryl methyl sites for hydroxylation is 1. The van der Waals surface area contributed by atoms with Crippen LogP contribution >= 0.6 is 11.6 Å². The third-order valence-corrected chi connectivity index (χ3v) is 6.55. The fourth-order valence-electron chi connectivity index (χ4n) is 3.47. The van der Waals surface area contributed by atoms with Crippen LogP contribution in [0.3, 0.4) is 0 Å². The molecule has 6 nitrogen and oxygen atoms in total. The van der Waals surface area contributed by atoms with Crippen molar-refractivity contribution in [2.24, 2.45) is 0 Å². The molecule has 0 aliphatic carbocycles. The lowest BCUT2D eigenvalue weighted by Crippen LogP contribution is -2.44. The molecule has 0 saturated carbocycles. The topological polar surface area (TPSA) is 69.7 Å². The number of anilines is 1. The van der Waals surface area contributed by atoms with E-state index in [0.29, 0.717) is 17.3 Å². The molecule has 2 aromatic rings. The smallest absolute Gasteiger partial charge is 0.240 e. The molecule has 0 aromatic heterocycles. The molecule has 30 heavy (non-hydrogen) atoms. The number of para-hydroxylation sites is 1. The van der Waals surface area contributed by atoms with Gasteiger partial charge in [-0.1, -0.05) is 61.8 Å². The lowest BCUT2D eigenvalue weighted by molar-refractivity contribution is -0.119. The molecular formula is C22H30ClN3O3S. The second kappa shape index (κ2) is 10.8. The molecule has 0 spiro atoms. The van der Waals surface area contributed by atoms with Crippen LogP contribution in [0.25, 0.3) is 0 Å². The molecule has 1 atom stereocenters. The molecule has 0 bridgehead atoms. The van der Waals surface area contributed by atoms with E-state index in [0.717, 1.165) is 34.8 Å². The highest BCUT2D eigenvalue weighted by molar-refractivity contribution is 7.92. The van der Waals surface area contributed by atoms with E-state index >= 15 is 0 Å². The first-order chi connectivity index (χ1) is 14.2. The monoisotopic (exact) mass is 451 g/mol. The van der Waals surface area contributed by atoms with Crippen LogP contribution in [0.15, 0.2) is 48.5 Å². The maximum atomic E-state index is 12.7. The van der Waals surface area contributed by atoms with E-state index in [4.69, 9.17) is 11.6 Å². The predicted molar refractivity (Wildman–Crippen MR) is 123 cm³/mol. The van der Waals surface area contributed by atoms with Gasteiger partial charge in [-0.3, -0.25) is 14.0 Å². The first kappa shape index (κ1) is 24.2. The minimum absolute atomic E-state index is 0.109. The van der Waals surface area contributed by atoms with Gasteiger partial charge in [-0.15, -0.1) is 0 Å². The average molecular weight is 452 g/mol. The lowest BCUT2D eigenvalue weighted by Gasteiger charge is -2.31. The Labute approximate surface area is 184 Å². The van der Waals surface area contributed by atoms with Crippen LogP contribution in [0.5, 0.6) is 0 Å². The van der Waals surface area contributed by atoms with E-state index in [-0.39, 0.29) is 18.5 Å². The van der Waals surface area contributed by atoms with Gasteiger partial charge in [0.2, 0.25) is 15.9 Å². The molecular weight excluding hydrogens is 422 g/mol. The Morgan fingerprint density at radius 1 is 1.07 bits per heavy atom. The normalized spacial score (nSPS) is 12.6. The van der Waals surface area contributed by atoms with Crippen molar-refractivity contribution >= 4 is 33.2 Å². The molecule has 1 N–H and O–H groups in total. The molecule has 1 unspecified atom stereocenters. The molecule has 2 rings (SSSR count). The minimum Gasteiger partial charge on any atom is -0.353 e. The molecule has 0 fully saturated rings. The average Bonchev–Trinajstić information content (AvgIpc) is 2.70. The van der Waals surface area contributed by atoms with Gasteiger partial charge < -0.3 is 5.32 Å². The Morgan fingerprint density at radius 2 is 1.67 bits per heavy atom. The number of hydrogen-bond acceptors (Lipinski definition) is 4. The maximum Gasteiger partial charge on any atom is 0.240 e. The summed E-state index contributed by atoms with van der Waals surface area (Å²) in [5.74, 6) is -0.368. The fraction of sp³-hybridized carbons (Fsp3) is 0.409. The van der Waals surface area contributed by atoms with Crippen LogP contribution in [0.1, 0.15) is 31.0 Å². The Balaban J connectivity index is 2.20. The number of carbonyl (C=O) groups excluding carboxylic acids is 1. The molecule has 0 radical (unpaired) electrons. The highest BCUT2D eigenvalue weighted by atomic mass is 35.5. The van der Waals surface area contributed by atoms with E-state index < -0.39 is 10.0 Å². The number of hydrogen-bond donors (Lipinski definition) is 1. The zero-order valence-electron chi connectivity index (χ0n) is 17.9. The van der Waals surface area contributed by atoms with Gasteiger partial charge in [0, 0.05) is 11.6 Å². The second-order valence-electron chi connectivity index (χ2n) is 7.12. The van der Waals surface area contributed by atoms with E-state index in [1.165, 1.54) is 0 Å². The van der Waals surface area contributed by atoms with Crippen molar-refractivity contribution in [2.75, 3.05) is 36.7 Å². The highest BCUT2D eigenvalue weighted by Gasteiger charge is 2.24. The van der Waals surface area contributed by atoms with Crippen LogP contribution in [-0.4, -0.2) is 51.7 Å². The summed E-state index contributed by atoms with van der Waals surface area (Å²) in [7, 11) is -3.62. The quantitative estimate of drug-likeness (QED) is 0.599. The number of amides is 1. The van der Waals surface area contributed by atoms with Crippen LogP contribution in [0.2, 0.25) is 5.02 Å². The number of benzene rings is 2. The van der Waals surface area contributed by atoms with Gasteiger partial charge in [-0.25, -0.2) is 8.42 Å². The van der Waals surface area contributed by atoms with Gasteiger partial charge in [-0.2, -0.15) is 0 Å². The first-order valence-corrected chi connectivity index (χ1v) is 12.2. The number of nitrogens with zero attached hydrogens (tertiary/aromatic N) is 2. The standard InChI is InChI=1S/C22H30ClN3O3S/c1-5-25(6-2)21(18-12-8-9-13-19(18)23)15-24-22(27)16-26(30(4,28)29)20-14-10-7-11-17(20)3/h7-14,21H,5-6,15-16H2,1-4H3,(H,24,27). The number of sulfonamides is 1. The van der Waals surface area contributed by atoms with E-state index in [9.17, 15) is 13.2 Å². The summed E-state index contributed by atoms with van der Waals surface area (Å²) in [6.07, 6.45) is 1.11. The Bertz CT molecular complexity index is 962. The molecule has 164 valence electrons.